The van der Waals surface area contributed by atoms with Crippen LogP contribution in [0.2, 0.25) is 0 Å². The Morgan fingerprint density at radius 1 is 1.14 bits per heavy atom. The van der Waals surface area contributed by atoms with E-state index in [2.05, 4.69) is 59.4 Å². The van der Waals surface area contributed by atoms with Crippen LogP contribution in [0.15, 0.2) is 42.7 Å². The number of hydrogen-bond acceptors (Lipinski definition) is 3. The Morgan fingerprint density at radius 3 is 2.52 bits per heavy atom. The number of nitrogens with one attached hydrogen (secondary N) is 1. The highest BCUT2D eigenvalue weighted by atomic mass is 15.2. The van der Waals surface area contributed by atoms with Gasteiger partial charge in [-0.2, -0.15) is 0 Å². The molecule has 1 aromatic carbocycles. The van der Waals surface area contributed by atoms with E-state index in [0.29, 0.717) is 5.92 Å². The smallest absolute Gasteiger partial charge is 0.0604 e. The van der Waals surface area contributed by atoms with Crippen LogP contribution in [0, 0.1) is 5.92 Å². The summed E-state index contributed by atoms with van der Waals surface area (Å²) in [6.07, 6.45) is 3.89. The lowest BCUT2D eigenvalue weighted by atomic mass is 10.1. The summed E-state index contributed by atoms with van der Waals surface area (Å²) in [6, 6.07) is 10.8. The summed E-state index contributed by atoms with van der Waals surface area (Å²) in [5.41, 5.74) is 5.45. The molecular formula is C18H23N3. The molecule has 3 nitrogen and oxygen atoms in total. The highest BCUT2D eigenvalue weighted by Crippen LogP contribution is 2.29. The highest BCUT2D eigenvalue weighted by Gasteiger charge is 2.20. The second-order valence-corrected chi connectivity index (χ2v) is 6.15. The lowest BCUT2D eigenvalue weighted by Gasteiger charge is -2.21. The minimum absolute atomic E-state index is 0.673. The topological polar surface area (TPSA) is 28.2 Å². The highest BCUT2D eigenvalue weighted by molar-refractivity contribution is 5.55. The van der Waals surface area contributed by atoms with Crippen molar-refractivity contribution in [3.8, 4) is 0 Å². The normalized spacial score (nSPS) is 13.8. The van der Waals surface area contributed by atoms with Crippen LogP contribution in [-0.4, -0.2) is 11.5 Å². The Kier molecular flexibility index (Phi) is 4.20. The third kappa shape index (κ3) is 3.24. The molecule has 1 aromatic heterocycles. The molecule has 1 N–H and O–H groups in total. The maximum atomic E-state index is 4.33. The molecular weight excluding hydrogens is 258 g/mol. The summed E-state index contributed by atoms with van der Waals surface area (Å²) in [5.74, 6) is 0.673. The molecule has 0 unspecified atom stereocenters. The maximum absolute atomic E-state index is 4.33. The number of anilines is 1. The quantitative estimate of drug-likeness (QED) is 0.911. The fourth-order valence-electron chi connectivity index (χ4n) is 2.85. The van der Waals surface area contributed by atoms with Gasteiger partial charge in [-0.05, 0) is 35.2 Å². The third-order valence-electron chi connectivity index (χ3n) is 3.94. The first kappa shape index (κ1) is 14.1. The van der Waals surface area contributed by atoms with Crippen molar-refractivity contribution < 1.29 is 0 Å². The first-order chi connectivity index (χ1) is 10.2. The molecule has 3 rings (SSSR count). The van der Waals surface area contributed by atoms with E-state index < -0.39 is 0 Å². The molecule has 21 heavy (non-hydrogen) atoms. The van der Waals surface area contributed by atoms with Crippen molar-refractivity contribution in [2.75, 3.05) is 11.4 Å². The molecule has 0 amide bonds. The fraction of sp³-hybridized carbons (Fsp3) is 0.389. The summed E-state index contributed by atoms with van der Waals surface area (Å²) in [5, 5.41) is 3.53. The predicted molar refractivity (Wildman–Crippen MR) is 87.1 cm³/mol. The Bertz CT molecular complexity index is 582. The molecule has 0 spiro atoms. The van der Waals surface area contributed by atoms with Crippen LogP contribution >= 0.6 is 0 Å². The lowest BCUT2D eigenvalue weighted by molar-refractivity contribution is 0.552. The van der Waals surface area contributed by atoms with Gasteiger partial charge < -0.3 is 10.2 Å². The first-order valence-corrected chi connectivity index (χ1v) is 7.69. The van der Waals surface area contributed by atoms with Crippen LogP contribution in [-0.2, 0) is 19.6 Å². The Morgan fingerprint density at radius 2 is 1.86 bits per heavy atom. The van der Waals surface area contributed by atoms with E-state index in [9.17, 15) is 0 Å². The van der Waals surface area contributed by atoms with Gasteiger partial charge in [-0.15, -0.1) is 0 Å². The van der Waals surface area contributed by atoms with E-state index >= 15 is 0 Å². The van der Waals surface area contributed by atoms with Crippen molar-refractivity contribution in [1.82, 2.24) is 10.3 Å². The van der Waals surface area contributed by atoms with E-state index in [1.54, 1.807) is 0 Å². The molecule has 3 heteroatoms. The summed E-state index contributed by atoms with van der Waals surface area (Å²) < 4.78 is 0. The molecule has 0 saturated carbocycles. The molecule has 0 bridgehead atoms. The van der Waals surface area contributed by atoms with E-state index in [1.807, 2.05) is 12.4 Å². The standard InChI is InChI=1S/C18H23N3/c1-14(2)9-20-10-15-7-8-19-11-18(15)21-12-16-5-3-4-6-17(16)13-21/h3-8,11,14,20H,9-10,12-13H2,1-2H3. The van der Waals surface area contributed by atoms with Gasteiger partial charge in [0, 0.05) is 25.8 Å². The Hall–Kier alpha value is -1.87. The van der Waals surface area contributed by atoms with Gasteiger partial charge in [0.15, 0.2) is 0 Å². The molecule has 0 radical (unpaired) electrons. The van der Waals surface area contributed by atoms with Crippen molar-refractivity contribution in [3.63, 3.8) is 0 Å². The molecule has 0 atom stereocenters. The van der Waals surface area contributed by atoms with E-state index in [0.717, 1.165) is 26.2 Å². The zero-order valence-electron chi connectivity index (χ0n) is 12.8. The van der Waals surface area contributed by atoms with Gasteiger partial charge >= 0.3 is 0 Å². The van der Waals surface area contributed by atoms with Crippen molar-refractivity contribution >= 4 is 5.69 Å². The van der Waals surface area contributed by atoms with E-state index in [1.165, 1.54) is 22.4 Å². The molecule has 2 heterocycles. The Labute approximate surface area is 127 Å². The van der Waals surface area contributed by atoms with Crippen molar-refractivity contribution in [1.29, 1.82) is 0 Å². The molecule has 1 aliphatic rings. The van der Waals surface area contributed by atoms with Gasteiger partial charge in [0.05, 0.1) is 11.9 Å². The molecule has 1 aliphatic heterocycles. The zero-order chi connectivity index (χ0) is 14.7. The Balaban J connectivity index is 1.74. The summed E-state index contributed by atoms with van der Waals surface area (Å²) >= 11 is 0. The first-order valence-electron chi connectivity index (χ1n) is 7.69. The van der Waals surface area contributed by atoms with Gasteiger partial charge in [0.25, 0.3) is 0 Å². The third-order valence-corrected chi connectivity index (χ3v) is 3.94. The average Bonchev–Trinajstić information content (AvgIpc) is 2.91. The van der Waals surface area contributed by atoms with Gasteiger partial charge in [-0.1, -0.05) is 38.1 Å². The van der Waals surface area contributed by atoms with Gasteiger partial charge in [0.1, 0.15) is 0 Å². The van der Waals surface area contributed by atoms with Crippen molar-refractivity contribution in [3.05, 3.63) is 59.4 Å². The molecule has 110 valence electrons. The van der Waals surface area contributed by atoms with Gasteiger partial charge in [0.2, 0.25) is 0 Å². The molecule has 2 aromatic rings. The lowest BCUT2D eigenvalue weighted by Crippen LogP contribution is -2.22. The van der Waals surface area contributed by atoms with Crippen LogP contribution in [0.3, 0.4) is 0 Å². The fourth-order valence-corrected chi connectivity index (χ4v) is 2.85. The maximum Gasteiger partial charge on any atom is 0.0604 e. The number of aromatic nitrogens is 1. The minimum atomic E-state index is 0.673. The number of nitrogens with zero attached hydrogens (tertiary/aromatic N) is 2. The monoisotopic (exact) mass is 281 g/mol. The second-order valence-electron chi connectivity index (χ2n) is 6.15. The van der Waals surface area contributed by atoms with Gasteiger partial charge in [-0.25, -0.2) is 0 Å². The number of hydrogen-bond donors (Lipinski definition) is 1. The number of pyridine rings is 1. The summed E-state index contributed by atoms with van der Waals surface area (Å²) in [7, 11) is 0. The molecule has 0 saturated heterocycles. The molecule has 0 aliphatic carbocycles. The minimum Gasteiger partial charge on any atom is -0.361 e. The zero-order valence-corrected chi connectivity index (χ0v) is 12.8. The van der Waals surface area contributed by atoms with Crippen molar-refractivity contribution in [2.24, 2.45) is 5.92 Å². The average molecular weight is 281 g/mol. The summed E-state index contributed by atoms with van der Waals surface area (Å²) in [6.45, 7) is 8.39. The molecule has 0 fully saturated rings. The number of benzene rings is 1. The number of rotatable bonds is 5. The second kappa shape index (κ2) is 6.27. The van der Waals surface area contributed by atoms with Crippen LogP contribution < -0.4 is 10.2 Å². The summed E-state index contributed by atoms with van der Waals surface area (Å²) in [4.78, 5) is 6.75. The van der Waals surface area contributed by atoms with Crippen LogP contribution in [0.25, 0.3) is 0 Å². The number of fused-ring (bicyclic) bond motifs is 1. The van der Waals surface area contributed by atoms with E-state index in [4.69, 9.17) is 0 Å². The van der Waals surface area contributed by atoms with Crippen molar-refractivity contribution in [2.45, 2.75) is 33.5 Å². The SMILES string of the molecule is CC(C)CNCc1ccncc1N1Cc2ccccc2C1. The van der Waals surface area contributed by atoms with Crippen LogP contribution in [0.1, 0.15) is 30.5 Å². The largest absolute Gasteiger partial charge is 0.361 e. The van der Waals surface area contributed by atoms with E-state index in [-0.39, 0.29) is 0 Å². The van der Waals surface area contributed by atoms with Gasteiger partial charge in [-0.3, -0.25) is 4.98 Å². The van der Waals surface area contributed by atoms with Crippen LogP contribution in [0.5, 0.6) is 0 Å². The predicted octanol–water partition coefficient (Wildman–Crippen LogP) is 3.35. The van der Waals surface area contributed by atoms with Crippen LogP contribution in [0.4, 0.5) is 5.69 Å².